The van der Waals surface area contributed by atoms with Gasteiger partial charge in [0.2, 0.25) is 0 Å². The summed E-state index contributed by atoms with van der Waals surface area (Å²) in [7, 11) is 0. The van der Waals surface area contributed by atoms with Gasteiger partial charge in [-0.25, -0.2) is 9.97 Å². The Labute approximate surface area is 175 Å². The van der Waals surface area contributed by atoms with Crippen LogP contribution in [0, 0.1) is 0 Å². The van der Waals surface area contributed by atoms with Gasteiger partial charge in [-0.15, -0.1) is 0 Å². The quantitative estimate of drug-likeness (QED) is 0.529. The van der Waals surface area contributed by atoms with E-state index in [2.05, 4.69) is 44.7 Å². The number of carbonyl (C=O) groups is 1. The molecule has 0 unspecified atom stereocenters. The van der Waals surface area contributed by atoms with Crippen LogP contribution in [0.15, 0.2) is 67.1 Å². The van der Waals surface area contributed by atoms with Crippen LogP contribution in [0.5, 0.6) is 0 Å². The molecule has 1 aliphatic heterocycles. The van der Waals surface area contributed by atoms with Crippen LogP contribution < -0.4 is 10.2 Å². The van der Waals surface area contributed by atoms with E-state index in [9.17, 15) is 4.79 Å². The van der Waals surface area contributed by atoms with E-state index in [1.54, 1.807) is 6.07 Å². The zero-order chi connectivity index (χ0) is 20.3. The van der Waals surface area contributed by atoms with Crippen molar-refractivity contribution in [2.24, 2.45) is 0 Å². The number of carbonyl (C=O) groups excluding carboxylic acids is 1. The van der Waals surface area contributed by atoms with E-state index in [1.807, 2.05) is 35.2 Å². The van der Waals surface area contributed by atoms with Crippen molar-refractivity contribution >= 4 is 28.3 Å². The molecule has 1 amide bonds. The number of nitrogens with zero attached hydrogens (tertiary/aromatic N) is 3. The van der Waals surface area contributed by atoms with Crippen molar-refractivity contribution in [3.63, 3.8) is 0 Å². The Bertz CT molecular complexity index is 1200. The van der Waals surface area contributed by atoms with E-state index in [0.29, 0.717) is 18.1 Å². The molecule has 6 nitrogen and oxygen atoms in total. The van der Waals surface area contributed by atoms with Crippen LogP contribution in [-0.4, -0.2) is 33.9 Å². The van der Waals surface area contributed by atoms with E-state index in [4.69, 9.17) is 0 Å². The third-order valence-electron chi connectivity index (χ3n) is 5.62. The first-order chi connectivity index (χ1) is 14.8. The number of hydrogen-bond acceptors (Lipinski definition) is 4. The highest BCUT2D eigenvalue weighted by Gasteiger charge is 2.24. The van der Waals surface area contributed by atoms with Gasteiger partial charge < -0.3 is 15.2 Å². The number of nitrogens with one attached hydrogen (secondary N) is 2. The maximum absolute atomic E-state index is 13.1. The molecule has 2 aromatic heterocycles. The third-order valence-corrected chi connectivity index (χ3v) is 5.62. The molecule has 0 bridgehead atoms. The second kappa shape index (κ2) is 7.99. The molecular weight excluding hydrogens is 374 g/mol. The zero-order valence-corrected chi connectivity index (χ0v) is 16.6. The largest absolute Gasteiger partial charge is 0.370 e. The van der Waals surface area contributed by atoms with Crippen molar-refractivity contribution in [1.29, 1.82) is 0 Å². The number of para-hydroxylation sites is 2. The van der Waals surface area contributed by atoms with Crippen molar-refractivity contribution in [2.45, 2.75) is 19.3 Å². The van der Waals surface area contributed by atoms with Crippen molar-refractivity contribution in [2.75, 3.05) is 23.3 Å². The number of fused-ring (bicyclic) bond motifs is 2. The van der Waals surface area contributed by atoms with Gasteiger partial charge in [-0.05, 0) is 42.5 Å². The molecule has 0 aliphatic carbocycles. The number of aromatic nitrogens is 3. The average molecular weight is 397 g/mol. The summed E-state index contributed by atoms with van der Waals surface area (Å²) in [5.74, 6) is 0.586. The molecule has 0 spiro atoms. The lowest BCUT2D eigenvalue weighted by molar-refractivity contribution is 0.0980. The van der Waals surface area contributed by atoms with Gasteiger partial charge in [0.1, 0.15) is 17.8 Å². The minimum atomic E-state index is -0.0794. The van der Waals surface area contributed by atoms with Crippen LogP contribution in [0.4, 0.5) is 11.5 Å². The number of amides is 1. The fourth-order valence-electron chi connectivity index (χ4n) is 4.12. The summed E-state index contributed by atoms with van der Waals surface area (Å²) >= 11 is 0. The Kier molecular flexibility index (Phi) is 4.89. The molecule has 150 valence electrons. The number of rotatable bonds is 5. The zero-order valence-electron chi connectivity index (χ0n) is 16.6. The molecule has 0 saturated heterocycles. The standard InChI is InChI=1S/C24H23N5O/c30-24(29-13-5-7-17-6-1-4-10-22(17)29)21-14-23(28-16-27-21)25-12-11-18-15-26-20-9-3-2-8-19(18)20/h1-4,6,8-10,14-16,26H,5,7,11-13H2,(H,25,27,28). The predicted octanol–water partition coefficient (Wildman–Crippen LogP) is 4.21. The highest BCUT2D eigenvalue weighted by molar-refractivity contribution is 6.05. The number of H-pyrrole nitrogens is 1. The lowest BCUT2D eigenvalue weighted by Crippen LogP contribution is -2.36. The van der Waals surface area contributed by atoms with Crippen LogP contribution in [-0.2, 0) is 12.8 Å². The van der Waals surface area contributed by atoms with Crippen molar-refractivity contribution in [3.05, 3.63) is 83.9 Å². The van der Waals surface area contributed by atoms with Crippen LogP contribution in [0.3, 0.4) is 0 Å². The number of aryl methyl sites for hydroxylation is 1. The normalized spacial score (nSPS) is 13.3. The first-order valence-corrected chi connectivity index (χ1v) is 10.3. The summed E-state index contributed by atoms with van der Waals surface area (Å²) < 4.78 is 0. The molecule has 2 N–H and O–H groups in total. The Balaban J connectivity index is 1.28. The second-order valence-electron chi connectivity index (χ2n) is 7.51. The molecule has 5 rings (SSSR count). The summed E-state index contributed by atoms with van der Waals surface area (Å²) in [6.45, 7) is 1.43. The minimum absolute atomic E-state index is 0.0794. The minimum Gasteiger partial charge on any atom is -0.370 e. The van der Waals surface area contributed by atoms with E-state index in [-0.39, 0.29) is 5.91 Å². The van der Waals surface area contributed by atoms with Crippen LogP contribution in [0.2, 0.25) is 0 Å². The van der Waals surface area contributed by atoms with E-state index < -0.39 is 0 Å². The van der Waals surface area contributed by atoms with Crippen LogP contribution in [0.1, 0.15) is 28.0 Å². The molecule has 0 saturated carbocycles. The topological polar surface area (TPSA) is 73.9 Å². The van der Waals surface area contributed by atoms with Gasteiger partial charge in [0.25, 0.3) is 5.91 Å². The summed E-state index contributed by atoms with van der Waals surface area (Å²) in [5, 5.41) is 4.57. The third kappa shape index (κ3) is 3.52. The summed E-state index contributed by atoms with van der Waals surface area (Å²) in [6.07, 6.45) is 6.33. The van der Waals surface area contributed by atoms with Gasteiger partial charge in [-0.3, -0.25) is 4.79 Å². The van der Waals surface area contributed by atoms with Gasteiger partial charge in [-0.1, -0.05) is 36.4 Å². The average Bonchev–Trinajstić information content (AvgIpc) is 3.22. The van der Waals surface area contributed by atoms with Crippen LogP contribution >= 0.6 is 0 Å². The monoisotopic (exact) mass is 397 g/mol. The van der Waals surface area contributed by atoms with Crippen LogP contribution in [0.25, 0.3) is 10.9 Å². The van der Waals surface area contributed by atoms with Gasteiger partial charge in [0.05, 0.1) is 0 Å². The fourth-order valence-corrected chi connectivity index (χ4v) is 4.12. The molecule has 30 heavy (non-hydrogen) atoms. The Hall–Kier alpha value is -3.67. The Morgan fingerprint density at radius 3 is 2.93 bits per heavy atom. The highest BCUT2D eigenvalue weighted by Crippen LogP contribution is 2.28. The van der Waals surface area contributed by atoms with Gasteiger partial charge >= 0.3 is 0 Å². The maximum Gasteiger partial charge on any atom is 0.277 e. The molecule has 4 aromatic rings. The van der Waals surface area contributed by atoms with Crippen molar-refractivity contribution < 1.29 is 4.79 Å². The number of anilines is 2. The molecule has 0 fully saturated rings. The maximum atomic E-state index is 13.1. The molecule has 0 radical (unpaired) electrons. The smallest absolute Gasteiger partial charge is 0.277 e. The SMILES string of the molecule is O=C(c1cc(NCCc2c[nH]c3ccccc23)ncn1)N1CCCc2ccccc21. The molecule has 2 aromatic carbocycles. The van der Waals surface area contributed by atoms with Crippen molar-refractivity contribution in [1.82, 2.24) is 15.0 Å². The van der Waals surface area contributed by atoms with Gasteiger partial charge in [-0.2, -0.15) is 0 Å². The Morgan fingerprint density at radius 2 is 1.97 bits per heavy atom. The number of aromatic amines is 1. The van der Waals surface area contributed by atoms with E-state index >= 15 is 0 Å². The van der Waals surface area contributed by atoms with Crippen molar-refractivity contribution in [3.8, 4) is 0 Å². The summed E-state index contributed by atoms with van der Waals surface area (Å²) in [6, 6.07) is 18.1. The predicted molar refractivity (Wildman–Crippen MR) is 119 cm³/mol. The first kappa shape index (κ1) is 18.4. The molecule has 0 atom stereocenters. The first-order valence-electron chi connectivity index (χ1n) is 10.3. The van der Waals surface area contributed by atoms with Gasteiger partial charge in [0, 0.05) is 41.9 Å². The number of benzene rings is 2. The lowest BCUT2D eigenvalue weighted by atomic mass is 10.0. The Morgan fingerprint density at radius 1 is 1.10 bits per heavy atom. The summed E-state index contributed by atoms with van der Waals surface area (Å²) in [5.41, 5.74) is 5.01. The van der Waals surface area contributed by atoms with E-state index in [0.717, 1.165) is 37.0 Å². The highest BCUT2D eigenvalue weighted by atomic mass is 16.2. The molecule has 1 aliphatic rings. The molecular formula is C24H23N5O. The lowest BCUT2D eigenvalue weighted by Gasteiger charge is -2.29. The number of hydrogen-bond donors (Lipinski definition) is 2. The molecule has 3 heterocycles. The second-order valence-corrected chi connectivity index (χ2v) is 7.51. The summed E-state index contributed by atoms with van der Waals surface area (Å²) in [4.78, 5) is 26.8. The van der Waals surface area contributed by atoms with E-state index in [1.165, 1.54) is 22.8 Å². The van der Waals surface area contributed by atoms with Gasteiger partial charge in [0.15, 0.2) is 0 Å². The fraction of sp³-hybridized carbons (Fsp3) is 0.208. The molecule has 6 heteroatoms.